The van der Waals surface area contributed by atoms with E-state index in [0.717, 1.165) is 11.3 Å². The molecule has 0 fully saturated rings. The fourth-order valence-electron chi connectivity index (χ4n) is 1.88. The summed E-state index contributed by atoms with van der Waals surface area (Å²) in [5.74, 6) is 0.113. The van der Waals surface area contributed by atoms with Crippen molar-refractivity contribution in [2.45, 2.75) is 19.9 Å². The molecule has 2 rings (SSSR count). The monoisotopic (exact) mass is 239 g/mol. The molecule has 0 aliphatic carbocycles. The van der Waals surface area contributed by atoms with Gasteiger partial charge in [-0.25, -0.2) is 0 Å². The molecule has 0 radical (unpaired) electrons. The molecule has 18 heavy (non-hydrogen) atoms. The number of hydrogen-bond acceptors (Lipinski definition) is 2. The van der Waals surface area contributed by atoms with Gasteiger partial charge in [0.25, 0.3) is 0 Å². The predicted octanol–water partition coefficient (Wildman–Crippen LogP) is 3.74. The first-order valence-electron chi connectivity index (χ1n) is 6.05. The molecular formula is C16H17NO. The molecule has 0 bridgehead atoms. The van der Waals surface area contributed by atoms with E-state index in [2.05, 4.69) is 5.32 Å². The predicted molar refractivity (Wildman–Crippen MR) is 74.7 cm³/mol. The van der Waals surface area contributed by atoms with E-state index >= 15 is 0 Å². The fraction of sp³-hybridized carbons (Fsp3) is 0.188. The van der Waals surface area contributed by atoms with E-state index < -0.39 is 0 Å². The standard InChI is InChI=1S/C16H17NO/c1-12-8-10-15(11-9-12)17-16(13(2)18)14-6-4-3-5-7-14/h3-11,16-17H,1-2H3. The van der Waals surface area contributed by atoms with Crippen LogP contribution in [0.3, 0.4) is 0 Å². The summed E-state index contributed by atoms with van der Waals surface area (Å²) < 4.78 is 0. The summed E-state index contributed by atoms with van der Waals surface area (Å²) in [6.45, 7) is 3.66. The molecule has 0 saturated carbocycles. The van der Waals surface area contributed by atoms with E-state index in [1.807, 2.05) is 61.5 Å². The zero-order valence-electron chi connectivity index (χ0n) is 10.7. The molecule has 2 heteroatoms. The quantitative estimate of drug-likeness (QED) is 0.880. The maximum absolute atomic E-state index is 11.8. The topological polar surface area (TPSA) is 29.1 Å². The van der Waals surface area contributed by atoms with Gasteiger partial charge in [-0.3, -0.25) is 4.79 Å². The number of nitrogens with one attached hydrogen (secondary N) is 1. The third-order valence-electron chi connectivity index (χ3n) is 2.90. The van der Waals surface area contributed by atoms with Gasteiger partial charge in [0, 0.05) is 5.69 Å². The van der Waals surface area contributed by atoms with E-state index in [4.69, 9.17) is 0 Å². The lowest BCUT2D eigenvalue weighted by molar-refractivity contribution is -0.117. The van der Waals surface area contributed by atoms with Crippen LogP contribution in [0.4, 0.5) is 5.69 Å². The Balaban J connectivity index is 2.22. The van der Waals surface area contributed by atoms with Crippen molar-refractivity contribution >= 4 is 11.5 Å². The van der Waals surface area contributed by atoms with Crippen molar-refractivity contribution in [3.63, 3.8) is 0 Å². The van der Waals surface area contributed by atoms with Crippen LogP contribution in [-0.4, -0.2) is 5.78 Å². The zero-order valence-corrected chi connectivity index (χ0v) is 10.7. The molecule has 92 valence electrons. The molecule has 0 saturated heterocycles. The number of ketones is 1. The molecule has 0 spiro atoms. The highest BCUT2D eigenvalue weighted by atomic mass is 16.1. The fourth-order valence-corrected chi connectivity index (χ4v) is 1.88. The average Bonchev–Trinajstić information content (AvgIpc) is 2.38. The van der Waals surface area contributed by atoms with E-state index in [1.165, 1.54) is 5.56 Å². The smallest absolute Gasteiger partial charge is 0.156 e. The van der Waals surface area contributed by atoms with Crippen LogP contribution in [0.5, 0.6) is 0 Å². The normalized spacial score (nSPS) is 11.9. The van der Waals surface area contributed by atoms with Crippen LogP contribution in [-0.2, 0) is 4.79 Å². The second-order valence-electron chi connectivity index (χ2n) is 4.46. The number of Topliss-reactive ketones (excluding diaryl/α,β-unsaturated/α-hetero) is 1. The van der Waals surface area contributed by atoms with E-state index in [0.29, 0.717) is 0 Å². The third kappa shape index (κ3) is 2.98. The summed E-state index contributed by atoms with van der Waals surface area (Å²) in [7, 11) is 0. The highest BCUT2D eigenvalue weighted by Crippen LogP contribution is 2.20. The minimum absolute atomic E-state index is 0.113. The summed E-state index contributed by atoms with van der Waals surface area (Å²) in [6, 6.07) is 17.5. The Morgan fingerprint density at radius 3 is 2.17 bits per heavy atom. The van der Waals surface area contributed by atoms with Gasteiger partial charge in [-0.05, 0) is 31.5 Å². The van der Waals surface area contributed by atoms with Crippen molar-refractivity contribution in [1.29, 1.82) is 0 Å². The highest BCUT2D eigenvalue weighted by Gasteiger charge is 2.15. The molecule has 1 atom stereocenters. The second-order valence-corrected chi connectivity index (χ2v) is 4.46. The molecule has 0 amide bonds. The number of benzene rings is 2. The van der Waals surface area contributed by atoms with Crippen molar-refractivity contribution in [1.82, 2.24) is 0 Å². The number of rotatable bonds is 4. The summed E-state index contributed by atoms with van der Waals surface area (Å²) in [6.07, 6.45) is 0. The van der Waals surface area contributed by atoms with Crippen molar-refractivity contribution in [3.8, 4) is 0 Å². The minimum Gasteiger partial charge on any atom is -0.372 e. The van der Waals surface area contributed by atoms with Crippen LogP contribution in [0.25, 0.3) is 0 Å². The van der Waals surface area contributed by atoms with Crippen LogP contribution in [0.1, 0.15) is 24.1 Å². The molecule has 0 aliphatic rings. The Labute approximate surface area is 108 Å². The Morgan fingerprint density at radius 1 is 1.00 bits per heavy atom. The number of hydrogen-bond donors (Lipinski definition) is 1. The Morgan fingerprint density at radius 2 is 1.61 bits per heavy atom. The molecule has 0 aliphatic heterocycles. The van der Waals surface area contributed by atoms with Crippen LogP contribution >= 0.6 is 0 Å². The number of carbonyl (C=O) groups excluding carboxylic acids is 1. The lowest BCUT2D eigenvalue weighted by Gasteiger charge is -2.17. The van der Waals surface area contributed by atoms with Gasteiger partial charge in [-0.1, -0.05) is 48.0 Å². The van der Waals surface area contributed by atoms with Crippen molar-refractivity contribution in [2.24, 2.45) is 0 Å². The maximum Gasteiger partial charge on any atom is 0.156 e. The average molecular weight is 239 g/mol. The molecule has 2 aromatic rings. The minimum atomic E-state index is -0.283. The van der Waals surface area contributed by atoms with Crippen molar-refractivity contribution in [3.05, 3.63) is 65.7 Å². The van der Waals surface area contributed by atoms with Gasteiger partial charge in [-0.2, -0.15) is 0 Å². The van der Waals surface area contributed by atoms with Gasteiger partial charge in [0.05, 0.1) is 0 Å². The molecule has 0 aromatic heterocycles. The van der Waals surface area contributed by atoms with Crippen molar-refractivity contribution in [2.75, 3.05) is 5.32 Å². The van der Waals surface area contributed by atoms with E-state index in [1.54, 1.807) is 6.92 Å². The van der Waals surface area contributed by atoms with Gasteiger partial charge in [-0.15, -0.1) is 0 Å². The highest BCUT2D eigenvalue weighted by molar-refractivity contribution is 5.85. The largest absolute Gasteiger partial charge is 0.372 e. The molecule has 1 N–H and O–H groups in total. The first-order chi connectivity index (χ1) is 8.66. The van der Waals surface area contributed by atoms with Crippen molar-refractivity contribution < 1.29 is 4.79 Å². The zero-order chi connectivity index (χ0) is 13.0. The Hall–Kier alpha value is -2.09. The number of aryl methyl sites for hydroxylation is 1. The van der Waals surface area contributed by atoms with Gasteiger partial charge < -0.3 is 5.32 Å². The Bertz CT molecular complexity index is 517. The molecule has 2 aromatic carbocycles. The van der Waals surface area contributed by atoms with Crippen LogP contribution in [0.15, 0.2) is 54.6 Å². The van der Waals surface area contributed by atoms with E-state index in [9.17, 15) is 4.79 Å². The number of anilines is 1. The summed E-state index contributed by atoms with van der Waals surface area (Å²) in [5.41, 5.74) is 3.16. The van der Waals surface area contributed by atoms with Gasteiger partial charge in [0.2, 0.25) is 0 Å². The van der Waals surface area contributed by atoms with Crippen LogP contribution in [0, 0.1) is 6.92 Å². The summed E-state index contributed by atoms with van der Waals surface area (Å²) >= 11 is 0. The molecular weight excluding hydrogens is 222 g/mol. The molecule has 2 nitrogen and oxygen atoms in total. The van der Waals surface area contributed by atoms with Gasteiger partial charge >= 0.3 is 0 Å². The van der Waals surface area contributed by atoms with Gasteiger partial charge in [0.15, 0.2) is 5.78 Å². The first kappa shape index (κ1) is 12.4. The first-order valence-corrected chi connectivity index (χ1v) is 6.05. The molecule has 0 heterocycles. The van der Waals surface area contributed by atoms with Crippen LogP contribution < -0.4 is 5.32 Å². The maximum atomic E-state index is 11.8. The summed E-state index contributed by atoms with van der Waals surface area (Å²) in [5, 5.41) is 3.27. The lowest BCUT2D eigenvalue weighted by atomic mass is 10.0. The van der Waals surface area contributed by atoms with Crippen LogP contribution in [0.2, 0.25) is 0 Å². The van der Waals surface area contributed by atoms with Gasteiger partial charge in [0.1, 0.15) is 6.04 Å². The lowest BCUT2D eigenvalue weighted by Crippen LogP contribution is -2.18. The third-order valence-corrected chi connectivity index (χ3v) is 2.90. The number of carbonyl (C=O) groups is 1. The Kier molecular flexibility index (Phi) is 3.78. The summed E-state index contributed by atoms with van der Waals surface area (Å²) in [4.78, 5) is 11.8. The SMILES string of the molecule is CC(=O)C(Nc1ccc(C)cc1)c1ccccc1. The molecule has 1 unspecified atom stereocenters. The second kappa shape index (κ2) is 5.50. The van der Waals surface area contributed by atoms with E-state index in [-0.39, 0.29) is 11.8 Å².